The monoisotopic (exact) mass is 380 g/mol. The van der Waals surface area contributed by atoms with Crippen molar-refractivity contribution in [2.45, 2.75) is 45.6 Å². The minimum Gasteiger partial charge on any atom is -0.373 e. The van der Waals surface area contributed by atoms with Crippen LogP contribution in [0.25, 0.3) is 0 Å². The molecule has 1 fully saturated rings. The number of piperazine rings is 1. The van der Waals surface area contributed by atoms with Crippen LogP contribution >= 0.6 is 0 Å². The molecule has 3 rings (SSSR count). The fraction of sp³-hybridized carbons (Fsp3) is 0.500. The fourth-order valence-electron chi connectivity index (χ4n) is 3.87. The average molecular weight is 380 g/mol. The van der Waals surface area contributed by atoms with Crippen molar-refractivity contribution in [3.8, 4) is 6.07 Å². The van der Waals surface area contributed by atoms with Gasteiger partial charge in [-0.2, -0.15) is 5.26 Å². The van der Waals surface area contributed by atoms with Gasteiger partial charge in [-0.1, -0.05) is 18.2 Å². The molecule has 148 valence electrons. The average Bonchev–Trinajstić information content (AvgIpc) is 2.71. The third-order valence-electron chi connectivity index (χ3n) is 5.66. The largest absolute Gasteiger partial charge is 0.373 e. The second-order valence-corrected chi connectivity index (χ2v) is 7.63. The van der Waals surface area contributed by atoms with E-state index in [4.69, 9.17) is 0 Å². The van der Waals surface area contributed by atoms with Gasteiger partial charge in [0.1, 0.15) is 11.6 Å². The Kier molecular flexibility index (Phi) is 6.35. The summed E-state index contributed by atoms with van der Waals surface area (Å²) in [7, 11) is 0. The van der Waals surface area contributed by atoms with Crippen LogP contribution in [0.5, 0.6) is 0 Å². The summed E-state index contributed by atoms with van der Waals surface area (Å²) >= 11 is 0. The molecule has 1 aromatic rings. The van der Waals surface area contributed by atoms with Crippen LogP contribution in [-0.4, -0.2) is 47.8 Å². The second kappa shape index (κ2) is 8.92. The van der Waals surface area contributed by atoms with Gasteiger partial charge in [0, 0.05) is 39.3 Å². The lowest BCUT2D eigenvalue weighted by Crippen LogP contribution is -2.46. The van der Waals surface area contributed by atoms with Gasteiger partial charge in [-0.3, -0.25) is 9.59 Å². The minimum atomic E-state index is -0.360. The Hall–Kier alpha value is -2.81. The van der Waals surface area contributed by atoms with Crippen LogP contribution in [0.4, 0.5) is 0 Å². The molecular weight excluding hydrogens is 352 g/mol. The number of benzene rings is 1. The van der Waals surface area contributed by atoms with Crippen LogP contribution in [0, 0.1) is 11.3 Å². The van der Waals surface area contributed by atoms with Crippen molar-refractivity contribution in [3.05, 3.63) is 46.7 Å². The number of nitriles is 1. The van der Waals surface area contributed by atoms with Gasteiger partial charge in [-0.05, 0) is 49.3 Å². The molecule has 1 aromatic carbocycles. The smallest absolute Gasteiger partial charge is 0.263 e. The first-order valence-corrected chi connectivity index (χ1v) is 10.0. The van der Waals surface area contributed by atoms with Crippen molar-refractivity contribution >= 4 is 11.8 Å². The lowest BCUT2D eigenvalue weighted by Gasteiger charge is -2.33. The van der Waals surface area contributed by atoms with Crippen LogP contribution in [0.1, 0.15) is 49.4 Å². The van der Waals surface area contributed by atoms with Crippen LogP contribution in [-0.2, 0) is 22.4 Å². The lowest BCUT2D eigenvalue weighted by molar-refractivity contribution is -0.130. The summed E-state index contributed by atoms with van der Waals surface area (Å²) in [6.45, 7) is 5.97. The zero-order chi connectivity index (χ0) is 20.1. The Morgan fingerprint density at radius 1 is 1.14 bits per heavy atom. The highest BCUT2D eigenvalue weighted by Crippen LogP contribution is 2.25. The molecule has 1 N–H and O–H groups in total. The summed E-state index contributed by atoms with van der Waals surface area (Å²) in [5.74, 6) is -0.303. The van der Waals surface area contributed by atoms with E-state index in [1.165, 1.54) is 24.0 Å². The number of hydrogen-bond acceptors (Lipinski definition) is 4. The summed E-state index contributed by atoms with van der Waals surface area (Å²) in [5, 5.41) is 12.4. The zero-order valence-electron chi connectivity index (χ0n) is 16.7. The maximum Gasteiger partial charge on any atom is 0.263 e. The van der Waals surface area contributed by atoms with Gasteiger partial charge in [-0.15, -0.1) is 0 Å². The van der Waals surface area contributed by atoms with Gasteiger partial charge in [0.15, 0.2) is 0 Å². The summed E-state index contributed by atoms with van der Waals surface area (Å²) < 4.78 is 0. The van der Waals surface area contributed by atoms with Gasteiger partial charge in [0.25, 0.3) is 5.91 Å². The Morgan fingerprint density at radius 2 is 1.82 bits per heavy atom. The second-order valence-electron chi connectivity index (χ2n) is 7.63. The summed E-state index contributed by atoms with van der Waals surface area (Å²) in [6, 6.07) is 8.29. The molecular formula is C22H28N4O2. The number of nitrogens with zero attached hydrogens (tertiary/aromatic N) is 3. The van der Waals surface area contributed by atoms with E-state index in [9.17, 15) is 14.9 Å². The van der Waals surface area contributed by atoms with Crippen molar-refractivity contribution in [2.24, 2.45) is 0 Å². The molecule has 28 heavy (non-hydrogen) atoms. The van der Waals surface area contributed by atoms with Crippen molar-refractivity contribution < 1.29 is 9.59 Å². The van der Waals surface area contributed by atoms with E-state index in [1.54, 1.807) is 18.0 Å². The standard InChI is InChI=1S/C22H28N4O2/c1-16(19-8-7-18-5-3-4-6-20(18)13-19)24-22(28)21(14-23)15-25-9-11-26(12-10-25)17(2)27/h7-8,13,15-16H,3-6,9-12H2,1-2H3,(H,24,28)/b21-15-. The van der Waals surface area contributed by atoms with E-state index in [-0.39, 0.29) is 23.4 Å². The maximum atomic E-state index is 12.6. The molecule has 1 aliphatic carbocycles. The Morgan fingerprint density at radius 3 is 2.46 bits per heavy atom. The number of aryl methyl sites for hydroxylation is 2. The van der Waals surface area contributed by atoms with E-state index in [2.05, 4.69) is 23.5 Å². The topological polar surface area (TPSA) is 76.4 Å². The number of carbonyl (C=O) groups is 2. The number of fused-ring (bicyclic) bond motifs is 1. The Balaban J connectivity index is 1.62. The molecule has 0 radical (unpaired) electrons. The van der Waals surface area contributed by atoms with Gasteiger partial charge < -0.3 is 15.1 Å². The van der Waals surface area contributed by atoms with Crippen molar-refractivity contribution in [1.29, 1.82) is 5.26 Å². The SMILES string of the molecule is CC(=O)N1CCN(/C=C(/C#N)C(=O)NC(C)c2ccc3c(c2)CCCC3)CC1. The van der Waals surface area contributed by atoms with Crippen molar-refractivity contribution in [3.63, 3.8) is 0 Å². The molecule has 1 heterocycles. The molecule has 6 heteroatoms. The highest BCUT2D eigenvalue weighted by atomic mass is 16.2. The van der Waals surface area contributed by atoms with E-state index < -0.39 is 0 Å². The van der Waals surface area contributed by atoms with Gasteiger partial charge in [0.05, 0.1) is 6.04 Å². The zero-order valence-corrected chi connectivity index (χ0v) is 16.7. The predicted octanol–water partition coefficient (Wildman–Crippen LogP) is 2.31. The molecule has 0 saturated carbocycles. The third-order valence-corrected chi connectivity index (χ3v) is 5.66. The number of amides is 2. The molecule has 1 atom stereocenters. The fourth-order valence-corrected chi connectivity index (χ4v) is 3.87. The normalized spacial score (nSPS) is 18.1. The maximum absolute atomic E-state index is 12.6. The first-order valence-electron chi connectivity index (χ1n) is 10.0. The molecule has 6 nitrogen and oxygen atoms in total. The van der Waals surface area contributed by atoms with E-state index in [0.29, 0.717) is 26.2 Å². The first-order chi connectivity index (χ1) is 13.5. The molecule has 0 aromatic heterocycles. The van der Waals surface area contributed by atoms with Crippen LogP contribution in [0.2, 0.25) is 0 Å². The van der Waals surface area contributed by atoms with Gasteiger partial charge in [-0.25, -0.2) is 0 Å². The van der Waals surface area contributed by atoms with E-state index >= 15 is 0 Å². The highest BCUT2D eigenvalue weighted by Gasteiger charge is 2.20. The molecule has 0 spiro atoms. The third kappa shape index (κ3) is 4.72. The molecule has 1 saturated heterocycles. The van der Waals surface area contributed by atoms with Gasteiger partial charge in [0.2, 0.25) is 5.91 Å². The molecule has 2 amide bonds. The summed E-state index contributed by atoms with van der Waals surface area (Å²) in [4.78, 5) is 27.7. The molecule has 2 aliphatic rings. The Bertz CT molecular complexity index is 816. The van der Waals surface area contributed by atoms with Gasteiger partial charge >= 0.3 is 0 Å². The number of carbonyl (C=O) groups excluding carboxylic acids is 2. The predicted molar refractivity (Wildman–Crippen MR) is 107 cm³/mol. The van der Waals surface area contributed by atoms with E-state index in [0.717, 1.165) is 18.4 Å². The van der Waals surface area contributed by atoms with Crippen molar-refractivity contribution in [1.82, 2.24) is 15.1 Å². The lowest BCUT2D eigenvalue weighted by atomic mass is 9.89. The highest BCUT2D eigenvalue weighted by molar-refractivity contribution is 5.97. The van der Waals surface area contributed by atoms with Crippen molar-refractivity contribution in [2.75, 3.05) is 26.2 Å². The summed E-state index contributed by atoms with van der Waals surface area (Å²) in [5.41, 5.74) is 3.96. The minimum absolute atomic E-state index is 0.0563. The molecule has 1 aliphatic heterocycles. The molecule has 1 unspecified atom stereocenters. The molecule has 0 bridgehead atoms. The Labute approximate surface area is 166 Å². The number of rotatable bonds is 4. The number of nitrogens with one attached hydrogen (secondary N) is 1. The van der Waals surface area contributed by atoms with E-state index in [1.807, 2.05) is 17.9 Å². The van der Waals surface area contributed by atoms with Crippen LogP contribution < -0.4 is 5.32 Å². The first kappa shape index (κ1) is 19.9. The van der Waals surface area contributed by atoms with Crippen LogP contribution in [0.3, 0.4) is 0 Å². The van der Waals surface area contributed by atoms with Crippen LogP contribution in [0.15, 0.2) is 30.0 Å². The number of hydrogen-bond donors (Lipinski definition) is 1. The quantitative estimate of drug-likeness (QED) is 0.642. The summed E-state index contributed by atoms with van der Waals surface area (Å²) in [6.07, 6.45) is 6.31.